The molecular formula is C14H17BrF2N2O2. The number of nitrogens with zero attached hydrogens (tertiary/aromatic N) is 1. The fraction of sp³-hybridized carbons (Fsp3) is 0.500. The highest BCUT2D eigenvalue weighted by Gasteiger charge is 2.22. The van der Waals surface area contributed by atoms with E-state index in [1.54, 1.807) is 0 Å². The standard InChI is InChI=1S/C14H17BrF2N2O2/c1-2-19-3-4-21-10(8-19)7-18-14(20)13-11(16)5-9(15)6-12(13)17/h5-6,10H,2-4,7-8H2,1H3,(H,18,20). The molecule has 116 valence electrons. The van der Waals surface area contributed by atoms with Gasteiger partial charge in [-0.1, -0.05) is 22.9 Å². The van der Waals surface area contributed by atoms with E-state index in [9.17, 15) is 13.6 Å². The van der Waals surface area contributed by atoms with Crippen LogP contribution in [0.4, 0.5) is 8.78 Å². The molecule has 21 heavy (non-hydrogen) atoms. The molecule has 0 spiro atoms. The van der Waals surface area contributed by atoms with E-state index in [0.29, 0.717) is 13.2 Å². The number of hydrogen-bond donors (Lipinski definition) is 1. The van der Waals surface area contributed by atoms with Crippen molar-refractivity contribution in [2.45, 2.75) is 13.0 Å². The number of benzene rings is 1. The molecule has 7 heteroatoms. The summed E-state index contributed by atoms with van der Waals surface area (Å²) in [6.45, 7) is 5.33. The lowest BCUT2D eigenvalue weighted by Crippen LogP contribution is -2.47. The first-order chi connectivity index (χ1) is 10.0. The number of nitrogens with one attached hydrogen (secondary N) is 1. The highest BCUT2D eigenvalue weighted by Crippen LogP contribution is 2.19. The second-order valence-electron chi connectivity index (χ2n) is 4.84. The lowest BCUT2D eigenvalue weighted by molar-refractivity contribution is -0.0246. The first-order valence-electron chi connectivity index (χ1n) is 6.78. The number of amides is 1. The SMILES string of the molecule is CCN1CCOC(CNC(=O)c2c(F)cc(Br)cc2F)C1. The van der Waals surface area contributed by atoms with Gasteiger partial charge in [-0.15, -0.1) is 0 Å². The molecular weight excluding hydrogens is 346 g/mol. The molecule has 1 atom stereocenters. The summed E-state index contributed by atoms with van der Waals surface area (Å²) in [7, 11) is 0. The average Bonchev–Trinajstić information content (AvgIpc) is 2.44. The largest absolute Gasteiger partial charge is 0.374 e. The number of ether oxygens (including phenoxy) is 1. The average molecular weight is 363 g/mol. The number of likely N-dealkylation sites (N-methyl/N-ethyl adjacent to an activating group) is 1. The summed E-state index contributed by atoms with van der Waals surface area (Å²) in [6.07, 6.45) is -0.163. The van der Waals surface area contributed by atoms with Crippen molar-refractivity contribution in [1.82, 2.24) is 10.2 Å². The quantitative estimate of drug-likeness (QED) is 0.892. The number of morpholine rings is 1. The van der Waals surface area contributed by atoms with Gasteiger partial charge in [0.05, 0.1) is 12.7 Å². The molecule has 1 aliphatic heterocycles. The summed E-state index contributed by atoms with van der Waals surface area (Å²) in [4.78, 5) is 14.1. The van der Waals surface area contributed by atoms with Gasteiger partial charge in [-0.05, 0) is 18.7 Å². The van der Waals surface area contributed by atoms with E-state index < -0.39 is 23.1 Å². The Hall–Kier alpha value is -1.05. The molecule has 0 aromatic heterocycles. The van der Waals surface area contributed by atoms with Crippen molar-refractivity contribution < 1.29 is 18.3 Å². The van der Waals surface area contributed by atoms with Gasteiger partial charge in [0, 0.05) is 24.1 Å². The van der Waals surface area contributed by atoms with Crippen LogP contribution < -0.4 is 5.32 Å². The second-order valence-corrected chi connectivity index (χ2v) is 5.76. The fourth-order valence-electron chi connectivity index (χ4n) is 2.25. The van der Waals surface area contributed by atoms with E-state index in [-0.39, 0.29) is 17.1 Å². The van der Waals surface area contributed by atoms with Gasteiger partial charge in [-0.2, -0.15) is 0 Å². The topological polar surface area (TPSA) is 41.6 Å². The number of halogens is 3. The molecule has 0 saturated carbocycles. The van der Waals surface area contributed by atoms with Gasteiger partial charge in [0.25, 0.3) is 5.91 Å². The molecule has 1 aliphatic rings. The van der Waals surface area contributed by atoms with E-state index in [2.05, 4.69) is 26.1 Å². The predicted octanol–water partition coefficient (Wildman–Crippen LogP) is 2.18. The Morgan fingerprint density at radius 1 is 1.48 bits per heavy atom. The third-order valence-electron chi connectivity index (χ3n) is 3.39. The Kier molecular flexibility index (Phi) is 5.66. The summed E-state index contributed by atoms with van der Waals surface area (Å²) in [5, 5.41) is 2.53. The van der Waals surface area contributed by atoms with Gasteiger partial charge < -0.3 is 10.1 Å². The monoisotopic (exact) mass is 362 g/mol. The molecule has 1 aromatic carbocycles. The van der Waals surface area contributed by atoms with Crippen LogP contribution in [0.25, 0.3) is 0 Å². The molecule has 1 unspecified atom stereocenters. The molecule has 1 N–H and O–H groups in total. The molecule has 4 nitrogen and oxygen atoms in total. The van der Waals surface area contributed by atoms with E-state index >= 15 is 0 Å². The maximum atomic E-state index is 13.7. The van der Waals surface area contributed by atoms with Crippen LogP contribution in [0.3, 0.4) is 0 Å². The van der Waals surface area contributed by atoms with Crippen LogP contribution in [0.1, 0.15) is 17.3 Å². The summed E-state index contributed by atoms with van der Waals surface area (Å²) in [5.41, 5.74) is -0.568. The van der Waals surface area contributed by atoms with Crippen LogP contribution in [0.5, 0.6) is 0 Å². The molecule has 0 bridgehead atoms. The zero-order valence-corrected chi connectivity index (χ0v) is 13.3. The first kappa shape index (κ1) is 16.3. The van der Waals surface area contributed by atoms with Crippen molar-refractivity contribution in [2.75, 3.05) is 32.8 Å². The van der Waals surface area contributed by atoms with E-state index in [0.717, 1.165) is 25.2 Å². The summed E-state index contributed by atoms with van der Waals surface area (Å²) < 4.78 is 33.1. The molecule has 0 radical (unpaired) electrons. The minimum absolute atomic E-state index is 0.163. The van der Waals surface area contributed by atoms with Crippen LogP contribution in [0.15, 0.2) is 16.6 Å². The van der Waals surface area contributed by atoms with Gasteiger partial charge in [-0.25, -0.2) is 8.78 Å². The summed E-state index contributed by atoms with van der Waals surface area (Å²) in [6, 6.07) is 2.13. The number of carbonyl (C=O) groups excluding carboxylic acids is 1. The van der Waals surface area contributed by atoms with Crippen molar-refractivity contribution in [3.8, 4) is 0 Å². The van der Waals surface area contributed by atoms with E-state index in [4.69, 9.17) is 4.74 Å². The molecule has 1 amide bonds. The van der Waals surface area contributed by atoms with Gasteiger partial charge in [0.1, 0.15) is 17.2 Å². The number of hydrogen-bond acceptors (Lipinski definition) is 3. The zero-order valence-electron chi connectivity index (χ0n) is 11.7. The van der Waals surface area contributed by atoms with E-state index in [1.807, 2.05) is 6.92 Å². The summed E-state index contributed by atoms with van der Waals surface area (Å²) in [5.74, 6) is -2.55. The molecule has 1 aromatic rings. The lowest BCUT2D eigenvalue weighted by Gasteiger charge is -2.32. The maximum absolute atomic E-state index is 13.7. The van der Waals surface area contributed by atoms with Gasteiger partial charge >= 0.3 is 0 Å². The Balaban J connectivity index is 1.96. The normalized spacial score (nSPS) is 19.5. The Bertz CT molecular complexity index is 505. The van der Waals surface area contributed by atoms with Gasteiger partial charge in [-0.3, -0.25) is 9.69 Å². The van der Waals surface area contributed by atoms with Crippen molar-refractivity contribution in [2.24, 2.45) is 0 Å². The first-order valence-corrected chi connectivity index (χ1v) is 7.57. The van der Waals surface area contributed by atoms with E-state index in [1.165, 1.54) is 0 Å². The van der Waals surface area contributed by atoms with Crippen LogP contribution in [0.2, 0.25) is 0 Å². The number of rotatable bonds is 4. The smallest absolute Gasteiger partial charge is 0.257 e. The van der Waals surface area contributed by atoms with Crippen LogP contribution in [0, 0.1) is 11.6 Å². The third-order valence-corrected chi connectivity index (χ3v) is 3.85. The van der Waals surface area contributed by atoms with Crippen LogP contribution in [-0.4, -0.2) is 49.7 Å². The Morgan fingerprint density at radius 2 is 2.14 bits per heavy atom. The summed E-state index contributed by atoms with van der Waals surface area (Å²) >= 11 is 2.98. The lowest BCUT2D eigenvalue weighted by atomic mass is 10.1. The molecule has 0 aliphatic carbocycles. The van der Waals surface area contributed by atoms with Crippen LogP contribution in [-0.2, 0) is 4.74 Å². The minimum Gasteiger partial charge on any atom is -0.374 e. The van der Waals surface area contributed by atoms with Crippen molar-refractivity contribution in [1.29, 1.82) is 0 Å². The van der Waals surface area contributed by atoms with Crippen molar-refractivity contribution in [3.63, 3.8) is 0 Å². The Morgan fingerprint density at radius 3 is 2.76 bits per heavy atom. The van der Waals surface area contributed by atoms with Crippen LogP contribution >= 0.6 is 15.9 Å². The molecule has 1 heterocycles. The third kappa shape index (κ3) is 4.21. The van der Waals surface area contributed by atoms with Gasteiger partial charge in [0.2, 0.25) is 0 Å². The Labute approximate surface area is 130 Å². The van der Waals surface area contributed by atoms with Crippen molar-refractivity contribution in [3.05, 3.63) is 33.8 Å². The molecule has 1 saturated heterocycles. The minimum atomic E-state index is -0.890. The maximum Gasteiger partial charge on any atom is 0.257 e. The van der Waals surface area contributed by atoms with Crippen molar-refractivity contribution >= 4 is 21.8 Å². The number of carbonyl (C=O) groups is 1. The molecule has 1 fully saturated rings. The highest BCUT2D eigenvalue weighted by atomic mass is 79.9. The zero-order chi connectivity index (χ0) is 15.4. The highest BCUT2D eigenvalue weighted by molar-refractivity contribution is 9.10. The second kappa shape index (κ2) is 7.29. The fourth-order valence-corrected chi connectivity index (χ4v) is 2.65. The van der Waals surface area contributed by atoms with Gasteiger partial charge in [0.15, 0.2) is 0 Å². The molecule has 2 rings (SSSR count). The predicted molar refractivity (Wildman–Crippen MR) is 78.2 cm³/mol.